The summed E-state index contributed by atoms with van der Waals surface area (Å²) in [6.45, 7) is 2.27. The molecule has 0 nitrogen and oxygen atoms in total. The van der Waals surface area contributed by atoms with E-state index in [2.05, 4.69) is 13.3 Å². The van der Waals surface area contributed by atoms with Crippen LogP contribution in [0.1, 0.15) is 51.9 Å². The SMILES string of the molecule is CCCCCCC1C[CH]C1. The van der Waals surface area contributed by atoms with Crippen molar-refractivity contribution in [2.24, 2.45) is 5.92 Å². The summed E-state index contributed by atoms with van der Waals surface area (Å²) in [5.41, 5.74) is 0. The topological polar surface area (TPSA) is 0 Å². The first-order valence-corrected chi connectivity index (χ1v) is 4.75. The number of unbranched alkanes of at least 4 members (excludes halogenated alkanes) is 3. The minimum absolute atomic E-state index is 1.08. The monoisotopic (exact) mass is 139 g/mol. The Bertz CT molecular complexity index is 72.1. The van der Waals surface area contributed by atoms with Gasteiger partial charge in [-0.1, -0.05) is 39.0 Å². The molecule has 0 amide bonds. The molecule has 0 aromatic carbocycles. The lowest BCUT2D eigenvalue weighted by Crippen LogP contribution is -2.10. The zero-order valence-corrected chi connectivity index (χ0v) is 7.10. The molecule has 1 rings (SSSR count). The molecule has 0 bridgehead atoms. The highest BCUT2D eigenvalue weighted by Crippen LogP contribution is 2.29. The second kappa shape index (κ2) is 4.76. The summed E-state index contributed by atoms with van der Waals surface area (Å²) in [6, 6.07) is 0. The smallest absolute Gasteiger partial charge is 0.0380 e. The van der Waals surface area contributed by atoms with E-state index in [4.69, 9.17) is 0 Å². The van der Waals surface area contributed by atoms with Crippen molar-refractivity contribution in [1.29, 1.82) is 0 Å². The predicted octanol–water partition coefficient (Wildman–Crippen LogP) is 3.57. The average molecular weight is 139 g/mol. The van der Waals surface area contributed by atoms with Crippen molar-refractivity contribution in [3.8, 4) is 0 Å². The molecule has 1 aliphatic carbocycles. The molecule has 0 N–H and O–H groups in total. The van der Waals surface area contributed by atoms with Crippen LogP contribution in [-0.2, 0) is 0 Å². The predicted molar refractivity (Wildman–Crippen MR) is 45.8 cm³/mol. The van der Waals surface area contributed by atoms with Crippen LogP contribution < -0.4 is 0 Å². The first-order chi connectivity index (χ1) is 4.93. The Kier molecular flexibility index (Phi) is 3.86. The highest BCUT2D eigenvalue weighted by molar-refractivity contribution is 4.84. The summed E-state index contributed by atoms with van der Waals surface area (Å²) in [5.74, 6) is 1.08. The van der Waals surface area contributed by atoms with Crippen LogP contribution in [0.15, 0.2) is 0 Å². The minimum atomic E-state index is 1.08. The first-order valence-electron chi connectivity index (χ1n) is 4.75. The largest absolute Gasteiger partial charge is 0.0654 e. The lowest BCUT2D eigenvalue weighted by molar-refractivity contribution is 0.365. The third-order valence-corrected chi connectivity index (χ3v) is 2.47. The van der Waals surface area contributed by atoms with Crippen molar-refractivity contribution >= 4 is 0 Å². The maximum Gasteiger partial charge on any atom is -0.0380 e. The third-order valence-electron chi connectivity index (χ3n) is 2.47. The molecule has 0 aromatic rings. The van der Waals surface area contributed by atoms with Crippen molar-refractivity contribution in [1.82, 2.24) is 0 Å². The Hall–Kier alpha value is 0. The van der Waals surface area contributed by atoms with E-state index in [1.807, 2.05) is 0 Å². The maximum atomic E-state index is 2.41. The van der Waals surface area contributed by atoms with Gasteiger partial charge in [0.25, 0.3) is 0 Å². The van der Waals surface area contributed by atoms with Crippen LogP contribution in [0, 0.1) is 12.3 Å². The van der Waals surface area contributed by atoms with Gasteiger partial charge in [0.1, 0.15) is 0 Å². The first kappa shape index (κ1) is 8.10. The Morgan fingerprint density at radius 2 is 2.00 bits per heavy atom. The second-order valence-corrected chi connectivity index (χ2v) is 3.48. The highest BCUT2D eigenvalue weighted by atomic mass is 14.2. The molecule has 1 aliphatic rings. The Balaban J connectivity index is 1.76. The van der Waals surface area contributed by atoms with E-state index in [1.165, 1.54) is 44.9 Å². The van der Waals surface area contributed by atoms with E-state index in [9.17, 15) is 0 Å². The van der Waals surface area contributed by atoms with Crippen LogP contribution in [-0.4, -0.2) is 0 Å². The summed E-state index contributed by atoms with van der Waals surface area (Å²) in [6.07, 6.45) is 12.5. The van der Waals surface area contributed by atoms with E-state index >= 15 is 0 Å². The highest BCUT2D eigenvalue weighted by Gasteiger charge is 2.16. The van der Waals surface area contributed by atoms with Gasteiger partial charge in [-0.25, -0.2) is 0 Å². The molecule has 0 unspecified atom stereocenters. The summed E-state index contributed by atoms with van der Waals surface area (Å²) >= 11 is 0. The number of hydrogen-bond donors (Lipinski definition) is 0. The molecule has 1 radical (unpaired) electrons. The minimum Gasteiger partial charge on any atom is -0.0654 e. The maximum absolute atomic E-state index is 2.41. The lowest BCUT2D eigenvalue weighted by Gasteiger charge is -2.24. The zero-order valence-electron chi connectivity index (χ0n) is 7.10. The van der Waals surface area contributed by atoms with E-state index in [0.717, 1.165) is 5.92 Å². The van der Waals surface area contributed by atoms with Crippen LogP contribution in [0.3, 0.4) is 0 Å². The molecule has 0 saturated heterocycles. The van der Waals surface area contributed by atoms with Crippen molar-refractivity contribution in [2.45, 2.75) is 51.9 Å². The van der Waals surface area contributed by atoms with E-state index in [-0.39, 0.29) is 0 Å². The van der Waals surface area contributed by atoms with Gasteiger partial charge in [0.15, 0.2) is 0 Å². The summed E-state index contributed by atoms with van der Waals surface area (Å²) in [4.78, 5) is 0. The number of hydrogen-bond acceptors (Lipinski definition) is 0. The Morgan fingerprint density at radius 1 is 1.20 bits per heavy atom. The van der Waals surface area contributed by atoms with Crippen LogP contribution >= 0.6 is 0 Å². The molecule has 59 valence electrons. The van der Waals surface area contributed by atoms with Gasteiger partial charge in [-0.15, -0.1) is 0 Å². The molecule has 0 atom stereocenters. The summed E-state index contributed by atoms with van der Waals surface area (Å²) < 4.78 is 0. The van der Waals surface area contributed by atoms with E-state index in [0.29, 0.717) is 0 Å². The molecule has 1 fully saturated rings. The molecule has 0 aromatic heterocycles. The Morgan fingerprint density at radius 3 is 2.50 bits per heavy atom. The van der Waals surface area contributed by atoms with E-state index < -0.39 is 0 Å². The van der Waals surface area contributed by atoms with Gasteiger partial charge in [0.2, 0.25) is 0 Å². The fourth-order valence-electron chi connectivity index (χ4n) is 1.50. The zero-order chi connectivity index (χ0) is 7.23. The molecule has 0 aliphatic heterocycles. The molecule has 0 heterocycles. The van der Waals surface area contributed by atoms with Crippen LogP contribution in [0.4, 0.5) is 0 Å². The molecule has 10 heavy (non-hydrogen) atoms. The third kappa shape index (κ3) is 2.72. The normalized spacial score (nSPS) is 18.9. The van der Waals surface area contributed by atoms with Gasteiger partial charge in [-0.05, 0) is 25.2 Å². The van der Waals surface area contributed by atoms with E-state index in [1.54, 1.807) is 0 Å². The van der Waals surface area contributed by atoms with Crippen LogP contribution in [0.2, 0.25) is 0 Å². The lowest BCUT2D eigenvalue weighted by atomic mass is 9.82. The molecular formula is C10H19. The van der Waals surface area contributed by atoms with Crippen molar-refractivity contribution in [2.75, 3.05) is 0 Å². The fraction of sp³-hybridized carbons (Fsp3) is 0.900. The van der Waals surface area contributed by atoms with Crippen molar-refractivity contribution in [3.05, 3.63) is 6.42 Å². The van der Waals surface area contributed by atoms with Gasteiger partial charge >= 0.3 is 0 Å². The molecular weight excluding hydrogens is 120 g/mol. The second-order valence-electron chi connectivity index (χ2n) is 3.48. The van der Waals surface area contributed by atoms with Crippen molar-refractivity contribution < 1.29 is 0 Å². The summed E-state index contributed by atoms with van der Waals surface area (Å²) in [7, 11) is 0. The average Bonchev–Trinajstić information content (AvgIpc) is 1.84. The van der Waals surface area contributed by atoms with Gasteiger partial charge in [-0.3, -0.25) is 0 Å². The molecule has 0 spiro atoms. The van der Waals surface area contributed by atoms with Crippen LogP contribution in [0.25, 0.3) is 0 Å². The standard InChI is InChI=1S/C10H19/c1-2-3-4-5-7-10-8-6-9-10/h6,10H,2-5,7-9H2,1H3. The van der Waals surface area contributed by atoms with Gasteiger partial charge < -0.3 is 0 Å². The molecule has 1 saturated carbocycles. The van der Waals surface area contributed by atoms with Gasteiger partial charge in [-0.2, -0.15) is 0 Å². The number of rotatable bonds is 5. The Labute approximate surface area is 65.0 Å². The fourth-order valence-corrected chi connectivity index (χ4v) is 1.50. The quantitative estimate of drug-likeness (QED) is 0.511. The van der Waals surface area contributed by atoms with Crippen LogP contribution in [0.5, 0.6) is 0 Å². The van der Waals surface area contributed by atoms with Gasteiger partial charge in [0, 0.05) is 0 Å². The van der Waals surface area contributed by atoms with Crippen molar-refractivity contribution in [3.63, 3.8) is 0 Å². The summed E-state index contributed by atoms with van der Waals surface area (Å²) in [5, 5.41) is 0. The molecule has 0 heteroatoms. The van der Waals surface area contributed by atoms with Gasteiger partial charge in [0.05, 0.1) is 0 Å².